The van der Waals surface area contributed by atoms with Gasteiger partial charge in [-0.15, -0.1) is 0 Å². The molecule has 0 spiro atoms. The van der Waals surface area contributed by atoms with E-state index in [-0.39, 0.29) is 10.5 Å². The van der Waals surface area contributed by atoms with Crippen molar-refractivity contribution < 1.29 is 27.6 Å². The Hall–Kier alpha value is -1.60. The van der Waals surface area contributed by atoms with Gasteiger partial charge in [-0.1, -0.05) is 0 Å². The molecule has 1 aromatic rings. The molecule has 7 heteroatoms. The first-order valence-corrected chi connectivity index (χ1v) is 5.16. The zero-order chi connectivity index (χ0) is 11.6. The molecule has 0 aliphatic rings. The van der Waals surface area contributed by atoms with E-state index in [1.165, 1.54) is 0 Å². The van der Waals surface area contributed by atoms with Crippen molar-refractivity contribution in [3.8, 4) is 5.75 Å². The van der Waals surface area contributed by atoms with Crippen LogP contribution in [0.1, 0.15) is 10.4 Å². The summed E-state index contributed by atoms with van der Waals surface area (Å²) in [6, 6.07) is 2.86. The van der Waals surface area contributed by atoms with Crippen LogP contribution in [0, 0.1) is 0 Å². The van der Waals surface area contributed by atoms with E-state index in [9.17, 15) is 18.3 Å². The van der Waals surface area contributed by atoms with Gasteiger partial charge in [-0.3, -0.25) is 4.18 Å². The van der Waals surface area contributed by atoms with E-state index in [1.807, 2.05) is 0 Å². The highest BCUT2D eigenvalue weighted by Gasteiger charge is 2.17. The number of phenols is 1. The van der Waals surface area contributed by atoms with Crippen molar-refractivity contribution in [2.45, 2.75) is 4.90 Å². The third-order valence-corrected chi connectivity index (χ3v) is 2.98. The lowest BCUT2D eigenvalue weighted by Gasteiger charge is -2.03. The smallest absolute Gasteiger partial charge is 0.339 e. The normalized spacial score (nSPS) is 11.3. The van der Waals surface area contributed by atoms with E-state index in [0.29, 0.717) is 0 Å². The molecule has 0 saturated carbocycles. The summed E-state index contributed by atoms with van der Waals surface area (Å²) in [6.07, 6.45) is 0. The summed E-state index contributed by atoms with van der Waals surface area (Å²) in [5, 5.41) is 17.8. The fraction of sp³-hybridized carbons (Fsp3) is 0.125. The molecule has 0 fully saturated rings. The van der Waals surface area contributed by atoms with Crippen molar-refractivity contribution in [2.24, 2.45) is 0 Å². The van der Waals surface area contributed by atoms with Crippen LogP contribution in [0.3, 0.4) is 0 Å². The third kappa shape index (κ3) is 2.25. The van der Waals surface area contributed by atoms with Gasteiger partial charge in [0.05, 0.1) is 12.0 Å². The Bertz CT molecular complexity index is 490. The maximum Gasteiger partial charge on any atom is 0.339 e. The number of carboxylic acids is 1. The van der Waals surface area contributed by atoms with Crippen molar-refractivity contribution in [1.82, 2.24) is 0 Å². The zero-order valence-corrected chi connectivity index (χ0v) is 8.48. The van der Waals surface area contributed by atoms with Gasteiger partial charge in [0.1, 0.15) is 11.3 Å². The molecular formula is C8H8O6S. The minimum absolute atomic E-state index is 0.299. The third-order valence-electron chi connectivity index (χ3n) is 1.71. The molecule has 15 heavy (non-hydrogen) atoms. The van der Waals surface area contributed by atoms with Crippen LogP contribution in [0.2, 0.25) is 0 Å². The molecule has 0 unspecified atom stereocenters. The van der Waals surface area contributed by atoms with Gasteiger partial charge in [-0.05, 0) is 12.1 Å². The van der Waals surface area contributed by atoms with Crippen LogP contribution in [-0.4, -0.2) is 31.7 Å². The molecule has 82 valence electrons. The zero-order valence-electron chi connectivity index (χ0n) is 7.67. The number of benzene rings is 1. The SMILES string of the molecule is COS(=O)(=O)c1ccc(C(=O)O)c(O)c1. The van der Waals surface area contributed by atoms with Gasteiger partial charge >= 0.3 is 5.97 Å². The van der Waals surface area contributed by atoms with Crippen molar-refractivity contribution in [1.29, 1.82) is 0 Å². The molecule has 1 aromatic carbocycles. The Morgan fingerprint density at radius 3 is 2.40 bits per heavy atom. The first-order chi connectivity index (χ1) is 6.88. The number of hydrogen-bond donors (Lipinski definition) is 2. The quantitative estimate of drug-likeness (QED) is 0.732. The highest BCUT2D eigenvalue weighted by atomic mass is 32.2. The van der Waals surface area contributed by atoms with Gasteiger partial charge in [0.15, 0.2) is 0 Å². The van der Waals surface area contributed by atoms with Crippen molar-refractivity contribution in [3.63, 3.8) is 0 Å². The van der Waals surface area contributed by atoms with E-state index in [2.05, 4.69) is 4.18 Å². The van der Waals surface area contributed by atoms with Gasteiger partial charge in [0.2, 0.25) is 0 Å². The Kier molecular flexibility index (Phi) is 2.96. The second kappa shape index (κ2) is 3.87. The minimum Gasteiger partial charge on any atom is -0.507 e. The fourth-order valence-electron chi connectivity index (χ4n) is 0.944. The maximum absolute atomic E-state index is 11.2. The van der Waals surface area contributed by atoms with Gasteiger partial charge in [-0.2, -0.15) is 8.42 Å². The number of carbonyl (C=O) groups is 1. The standard InChI is InChI=1S/C8H8O6S/c1-14-15(12,13)5-2-3-6(8(10)11)7(9)4-5/h2-4,9H,1H3,(H,10,11). The summed E-state index contributed by atoms with van der Waals surface area (Å²) in [5.74, 6) is -1.96. The second-order valence-electron chi connectivity index (χ2n) is 2.60. The summed E-state index contributed by atoms with van der Waals surface area (Å²) < 4.78 is 26.5. The second-order valence-corrected chi connectivity index (χ2v) is 4.32. The molecule has 0 bridgehead atoms. The lowest BCUT2D eigenvalue weighted by Crippen LogP contribution is -2.04. The molecule has 0 amide bonds. The van der Waals surface area contributed by atoms with Crippen LogP contribution in [0.4, 0.5) is 0 Å². The van der Waals surface area contributed by atoms with Crippen LogP contribution < -0.4 is 0 Å². The van der Waals surface area contributed by atoms with Gasteiger partial charge < -0.3 is 10.2 Å². The van der Waals surface area contributed by atoms with E-state index >= 15 is 0 Å². The summed E-state index contributed by atoms with van der Waals surface area (Å²) in [4.78, 5) is 10.2. The molecule has 0 aliphatic heterocycles. The molecular weight excluding hydrogens is 224 g/mol. The predicted octanol–water partition coefficient (Wildman–Crippen LogP) is 0.426. The molecule has 6 nitrogen and oxygen atoms in total. The number of aromatic carboxylic acids is 1. The van der Waals surface area contributed by atoms with Crippen LogP contribution in [0.15, 0.2) is 23.1 Å². The van der Waals surface area contributed by atoms with Crippen LogP contribution in [0.25, 0.3) is 0 Å². The van der Waals surface area contributed by atoms with Gasteiger partial charge in [0.25, 0.3) is 10.1 Å². The molecule has 1 rings (SSSR count). The van der Waals surface area contributed by atoms with Gasteiger partial charge in [-0.25, -0.2) is 4.79 Å². The number of rotatable bonds is 3. The molecule has 0 aliphatic carbocycles. The number of hydrogen-bond acceptors (Lipinski definition) is 5. The average Bonchev–Trinajstić information content (AvgIpc) is 2.17. The van der Waals surface area contributed by atoms with E-state index in [0.717, 1.165) is 25.3 Å². The average molecular weight is 232 g/mol. The topological polar surface area (TPSA) is 101 Å². The Labute approximate surface area is 85.9 Å². The van der Waals surface area contributed by atoms with Crippen LogP contribution >= 0.6 is 0 Å². The van der Waals surface area contributed by atoms with Crippen molar-refractivity contribution in [2.75, 3.05) is 7.11 Å². The number of aromatic hydroxyl groups is 1. The minimum atomic E-state index is -3.92. The lowest BCUT2D eigenvalue weighted by atomic mass is 10.2. The van der Waals surface area contributed by atoms with Gasteiger partial charge in [0, 0.05) is 6.07 Å². The summed E-state index contributed by atoms with van der Waals surface area (Å²) >= 11 is 0. The molecule has 0 radical (unpaired) electrons. The van der Waals surface area contributed by atoms with Crippen LogP contribution in [0.5, 0.6) is 5.75 Å². The molecule has 2 N–H and O–H groups in total. The first kappa shape index (κ1) is 11.5. The highest BCUT2D eigenvalue weighted by molar-refractivity contribution is 7.86. The van der Waals surface area contributed by atoms with Crippen molar-refractivity contribution in [3.05, 3.63) is 23.8 Å². The lowest BCUT2D eigenvalue weighted by molar-refractivity contribution is 0.0693. The monoisotopic (exact) mass is 232 g/mol. The van der Waals surface area contributed by atoms with E-state index in [1.54, 1.807) is 0 Å². The Morgan fingerprint density at radius 2 is 2.00 bits per heavy atom. The summed E-state index contributed by atoms with van der Waals surface area (Å²) in [5.41, 5.74) is -0.370. The maximum atomic E-state index is 11.2. The molecule has 0 saturated heterocycles. The fourth-order valence-corrected chi connectivity index (χ4v) is 1.63. The summed E-state index contributed by atoms with van der Waals surface area (Å²) in [7, 11) is -2.95. The van der Waals surface area contributed by atoms with E-state index < -0.39 is 21.8 Å². The molecule has 0 heterocycles. The van der Waals surface area contributed by atoms with Crippen LogP contribution in [-0.2, 0) is 14.3 Å². The first-order valence-electron chi connectivity index (χ1n) is 3.75. The molecule has 0 atom stereocenters. The summed E-state index contributed by atoms with van der Waals surface area (Å²) in [6.45, 7) is 0. The largest absolute Gasteiger partial charge is 0.507 e. The van der Waals surface area contributed by atoms with E-state index in [4.69, 9.17) is 5.11 Å². The molecule has 0 aromatic heterocycles. The highest BCUT2D eigenvalue weighted by Crippen LogP contribution is 2.22. The van der Waals surface area contributed by atoms with Crippen molar-refractivity contribution >= 4 is 16.1 Å². The number of carboxylic acid groups (broad SMARTS) is 1. The predicted molar refractivity (Wildman–Crippen MR) is 49.3 cm³/mol. The Balaban J connectivity index is 3.30. The Morgan fingerprint density at radius 1 is 1.40 bits per heavy atom.